The number of likely N-dealkylation sites (tertiary alicyclic amines) is 1. The molecule has 1 saturated heterocycles. The molecule has 1 heterocycles. The molecule has 1 aliphatic heterocycles. The van der Waals surface area contributed by atoms with Gasteiger partial charge in [0.25, 0.3) is 0 Å². The molecular formula is C16H19FN2O2. The molecule has 5 heteroatoms. The molecule has 2 atom stereocenters. The maximum absolute atomic E-state index is 13.5. The molecule has 1 aromatic rings. The van der Waals surface area contributed by atoms with Crippen LogP contribution in [0.25, 0.3) is 0 Å². The van der Waals surface area contributed by atoms with E-state index in [2.05, 4.69) is 5.32 Å². The van der Waals surface area contributed by atoms with Crippen LogP contribution in [0.15, 0.2) is 24.3 Å². The zero-order valence-electron chi connectivity index (χ0n) is 11.8. The van der Waals surface area contributed by atoms with Gasteiger partial charge in [-0.1, -0.05) is 18.2 Å². The summed E-state index contributed by atoms with van der Waals surface area (Å²) in [6, 6.07) is 6.38. The summed E-state index contributed by atoms with van der Waals surface area (Å²) in [5.74, 6) is -0.749. The molecule has 2 amide bonds. The Morgan fingerprint density at radius 1 is 1.19 bits per heavy atom. The molecule has 0 radical (unpaired) electrons. The summed E-state index contributed by atoms with van der Waals surface area (Å²) < 4.78 is 13.5. The van der Waals surface area contributed by atoms with Gasteiger partial charge in [0.2, 0.25) is 11.8 Å². The molecule has 4 nitrogen and oxygen atoms in total. The number of hydrogen-bond acceptors (Lipinski definition) is 2. The zero-order chi connectivity index (χ0) is 14.8. The molecule has 1 N–H and O–H groups in total. The first-order valence-electron chi connectivity index (χ1n) is 7.46. The smallest absolute Gasteiger partial charge is 0.226 e. The molecule has 112 valence electrons. The molecule has 0 aromatic heterocycles. The first-order chi connectivity index (χ1) is 10.2. The van der Waals surface area contributed by atoms with Crippen molar-refractivity contribution in [1.82, 2.24) is 10.2 Å². The highest BCUT2D eigenvalue weighted by Crippen LogP contribution is 2.40. The summed E-state index contributed by atoms with van der Waals surface area (Å²) in [4.78, 5) is 26.0. The van der Waals surface area contributed by atoms with Crippen molar-refractivity contribution in [3.05, 3.63) is 35.6 Å². The summed E-state index contributed by atoms with van der Waals surface area (Å²) in [6.07, 6.45) is 2.74. The van der Waals surface area contributed by atoms with Crippen molar-refractivity contribution >= 4 is 11.8 Å². The number of hydrogen-bond donors (Lipinski definition) is 1. The van der Waals surface area contributed by atoms with Gasteiger partial charge in [-0.25, -0.2) is 4.39 Å². The van der Waals surface area contributed by atoms with Crippen molar-refractivity contribution < 1.29 is 14.0 Å². The minimum absolute atomic E-state index is 0.110. The van der Waals surface area contributed by atoms with Gasteiger partial charge in [0.15, 0.2) is 0 Å². The summed E-state index contributed by atoms with van der Waals surface area (Å²) in [7, 11) is 0. The Balaban J connectivity index is 1.49. The van der Waals surface area contributed by atoms with Crippen molar-refractivity contribution in [3.8, 4) is 0 Å². The topological polar surface area (TPSA) is 49.4 Å². The van der Waals surface area contributed by atoms with Crippen LogP contribution < -0.4 is 5.32 Å². The maximum Gasteiger partial charge on any atom is 0.226 e. The van der Waals surface area contributed by atoms with E-state index in [0.29, 0.717) is 12.0 Å². The largest absolute Gasteiger partial charge is 0.352 e. The van der Waals surface area contributed by atoms with E-state index >= 15 is 0 Å². The molecule has 2 aliphatic rings. The van der Waals surface area contributed by atoms with E-state index in [4.69, 9.17) is 0 Å². The number of rotatable bonds is 4. The molecule has 3 rings (SSSR count). The summed E-state index contributed by atoms with van der Waals surface area (Å²) in [5.41, 5.74) is 0.467. The van der Waals surface area contributed by atoms with Crippen LogP contribution in [0, 0.1) is 17.7 Å². The predicted molar refractivity (Wildman–Crippen MR) is 75.7 cm³/mol. The van der Waals surface area contributed by atoms with E-state index in [0.717, 1.165) is 25.9 Å². The van der Waals surface area contributed by atoms with Gasteiger partial charge < -0.3 is 10.2 Å². The number of halogens is 1. The van der Waals surface area contributed by atoms with Crippen LogP contribution in [0.5, 0.6) is 0 Å². The summed E-state index contributed by atoms with van der Waals surface area (Å²) in [5, 5.41) is 2.73. The van der Waals surface area contributed by atoms with Crippen molar-refractivity contribution in [1.29, 1.82) is 0 Å². The van der Waals surface area contributed by atoms with Gasteiger partial charge in [0.1, 0.15) is 5.82 Å². The lowest BCUT2D eigenvalue weighted by Crippen LogP contribution is -2.32. The molecule has 2 fully saturated rings. The number of benzene rings is 1. The van der Waals surface area contributed by atoms with Crippen LogP contribution in [-0.2, 0) is 16.1 Å². The highest BCUT2D eigenvalue weighted by molar-refractivity contribution is 5.92. The highest BCUT2D eigenvalue weighted by Gasteiger charge is 2.49. The van der Waals surface area contributed by atoms with Crippen molar-refractivity contribution in [3.63, 3.8) is 0 Å². The van der Waals surface area contributed by atoms with Gasteiger partial charge in [0, 0.05) is 25.2 Å². The molecule has 21 heavy (non-hydrogen) atoms. The molecule has 0 spiro atoms. The fourth-order valence-corrected chi connectivity index (χ4v) is 2.88. The lowest BCUT2D eigenvalue weighted by Gasteiger charge is -2.14. The van der Waals surface area contributed by atoms with Crippen LogP contribution in [0.3, 0.4) is 0 Å². The Kier molecular flexibility index (Phi) is 3.90. The van der Waals surface area contributed by atoms with Crippen molar-refractivity contribution in [2.75, 3.05) is 13.1 Å². The Bertz CT molecular complexity index is 555. The Hall–Kier alpha value is -1.91. The molecule has 1 aromatic carbocycles. The lowest BCUT2D eigenvalue weighted by atomic mass is 10.2. The first-order valence-corrected chi connectivity index (χ1v) is 7.46. The molecule has 1 aliphatic carbocycles. The number of amides is 2. The Morgan fingerprint density at radius 3 is 2.62 bits per heavy atom. The van der Waals surface area contributed by atoms with E-state index in [1.165, 1.54) is 6.07 Å². The number of nitrogens with one attached hydrogen (secondary N) is 1. The van der Waals surface area contributed by atoms with Crippen LogP contribution in [0.1, 0.15) is 24.8 Å². The van der Waals surface area contributed by atoms with Gasteiger partial charge in [-0.15, -0.1) is 0 Å². The third-order valence-corrected chi connectivity index (χ3v) is 4.27. The van der Waals surface area contributed by atoms with E-state index < -0.39 is 0 Å². The van der Waals surface area contributed by atoms with Crippen LogP contribution in [0.4, 0.5) is 4.39 Å². The van der Waals surface area contributed by atoms with E-state index in [-0.39, 0.29) is 36.0 Å². The van der Waals surface area contributed by atoms with Gasteiger partial charge in [-0.3, -0.25) is 9.59 Å². The third kappa shape index (κ3) is 3.06. The van der Waals surface area contributed by atoms with Gasteiger partial charge in [-0.05, 0) is 25.3 Å². The molecule has 1 saturated carbocycles. The summed E-state index contributed by atoms with van der Waals surface area (Å²) >= 11 is 0. The monoisotopic (exact) mass is 290 g/mol. The van der Waals surface area contributed by atoms with Gasteiger partial charge in [0.05, 0.1) is 11.8 Å². The first kappa shape index (κ1) is 14.0. The highest BCUT2D eigenvalue weighted by atomic mass is 19.1. The Morgan fingerprint density at radius 2 is 1.90 bits per heavy atom. The van der Waals surface area contributed by atoms with E-state index in [1.54, 1.807) is 18.2 Å². The molecule has 2 unspecified atom stereocenters. The lowest BCUT2D eigenvalue weighted by molar-refractivity contribution is -0.133. The minimum atomic E-state index is -0.321. The average Bonchev–Trinajstić information content (AvgIpc) is 3.10. The predicted octanol–water partition coefficient (Wildman–Crippen LogP) is 1.70. The number of nitrogens with zero attached hydrogens (tertiary/aromatic N) is 1. The van der Waals surface area contributed by atoms with Gasteiger partial charge in [-0.2, -0.15) is 0 Å². The van der Waals surface area contributed by atoms with Crippen LogP contribution in [-0.4, -0.2) is 29.8 Å². The Labute approximate surface area is 123 Å². The number of carbonyl (C=O) groups is 2. The average molecular weight is 290 g/mol. The maximum atomic E-state index is 13.5. The fourth-order valence-electron chi connectivity index (χ4n) is 2.88. The summed E-state index contributed by atoms with van der Waals surface area (Å²) in [6.45, 7) is 1.81. The standard InChI is InChI=1S/C16H19FN2O2/c17-14-6-2-1-5-11(14)10-18-15(20)12-9-13(12)16(21)19-7-3-4-8-19/h1-2,5-6,12-13H,3-4,7-10H2,(H,18,20). The normalized spacial score (nSPS) is 24.0. The fraction of sp³-hybridized carbons (Fsp3) is 0.500. The van der Waals surface area contributed by atoms with Crippen LogP contribution >= 0.6 is 0 Å². The second kappa shape index (κ2) is 5.84. The zero-order valence-corrected chi connectivity index (χ0v) is 11.8. The van der Waals surface area contributed by atoms with E-state index in [1.807, 2.05) is 4.90 Å². The van der Waals surface area contributed by atoms with Gasteiger partial charge >= 0.3 is 0 Å². The SMILES string of the molecule is O=C(NCc1ccccc1F)C1CC1C(=O)N1CCCC1. The van der Waals surface area contributed by atoms with Crippen molar-refractivity contribution in [2.24, 2.45) is 11.8 Å². The molecular weight excluding hydrogens is 271 g/mol. The van der Waals surface area contributed by atoms with E-state index in [9.17, 15) is 14.0 Å². The second-order valence-electron chi connectivity index (χ2n) is 5.79. The minimum Gasteiger partial charge on any atom is -0.352 e. The quantitative estimate of drug-likeness (QED) is 0.917. The number of carbonyl (C=O) groups excluding carboxylic acids is 2. The molecule has 0 bridgehead atoms. The second-order valence-corrected chi connectivity index (χ2v) is 5.79. The van der Waals surface area contributed by atoms with Crippen molar-refractivity contribution in [2.45, 2.75) is 25.8 Å². The third-order valence-electron chi connectivity index (χ3n) is 4.27. The van der Waals surface area contributed by atoms with Crippen LogP contribution in [0.2, 0.25) is 0 Å².